The monoisotopic (exact) mass is 373 g/mol. The molecule has 1 heterocycles. The molecule has 6 heteroatoms. The molecule has 0 radical (unpaired) electrons. The Morgan fingerprint density at radius 3 is 2.38 bits per heavy atom. The normalized spacial score (nSPS) is 14.6. The fourth-order valence-electron chi connectivity index (χ4n) is 2.58. The molecule has 0 unspecified atom stereocenters. The fourth-order valence-corrected chi connectivity index (χ4v) is 2.86. The van der Waals surface area contributed by atoms with Gasteiger partial charge in [-0.05, 0) is 41.8 Å². The molecule has 4 nitrogen and oxygen atoms in total. The standard InChI is InChI=1S/C20H17ClFNO3/c1-12(2)11-26-16-8-6-13(7-9-16)17-18(21)20(25)23(19(17)24)15-5-3-4-14(22)10-15/h3-10,12H,11H2,1-2H3. The highest BCUT2D eigenvalue weighted by molar-refractivity contribution is 6.60. The molecule has 3 rings (SSSR count). The second-order valence-corrected chi connectivity index (χ2v) is 6.72. The van der Waals surface area contributed by atoms with Gasteiger partial charge in [-0.1, -0.05) is 43.6 Å². The second kappa shape index (κ2) is 7.30. The van der Waals surface area contributed by atoms with Crippen LogP contribution < -0.4 is 9.64 Å². The predicted molar refractivity (Wildman–Crippen MR) is 98.4 cm³/mol. The Balaban J connectivity index is 1.88. The van der Waals surface area contributed by atoms with Crippen molar-refractivity contribution in [3.05, 3.63) is 64.9 Å². The van der Waals surface area contributed by atoms with Crippen LogP contribution in [0.3, 0.4) is 0 Å². The number of benzene rings is 2. The summed E-state index contributed by atoms with van der Waals surface area (Å²) < 4.78 is 19.1. The molecule has 2 aromatic rings. The van der Waals surface area contributed by atoms with Gasteiger partial charge in [0, 0.05) is 0 Å². The van der Waals surface area contributed by atoms with E-state index in [1.165, 1.54) is 18.2 Å². The number of hydrogen-bond acceptors (Lipinski definition) is 3. The van der Waals surface area contributed by atoms with Crippen molar-refractivity contribution < 1.29 is 18.7 Å². The highest BCUT2D eigenvalue weighted by Gasteiger charge is 2.39. The van der Waals surface area contributed by atoms with Crippen molar-refractivity contribution in [2.24, 2.45) is 5.92 Å². The van der Waals surface area contributed by atoms with Crippen LogP contribution in [-0.4, -0.2) is 18.4 Å². The maximum absolute atomic E-state index is 13.5. The number of anilines is 1. The Labute approximate surface area is 155 Å². The van der Waals surface area contributed by atoms with Gasteiger partial charge in [0.25, 0.3) is 11.8 Å². The van der Waals surface area contributed by atoms with Crippen molar-refractivity contribution in [1.82, 2.24) is 0 Å². The first kappa shape index (κ1) is 18.1. The van der Waals surface area contributed by atoms with Crippen molar-refractivity contribution in [1.29, 1.82) is 0 Å². The third-order valence-corrected chi connectivity index (χ3v) is 4.17. The first-order valence-corrected chi connectivity index (χ1v) is 8.53. The maximum Gasteiger partial charge on any atom is 0.277 e. The van der Waals surface area contributed by atoms with E-state index in [2.05, 4.69) is 0 Å². The molecule has 26 heavy (non-hydrogen) atoms. The molecular formula is C20H17ClFNO3. The molecular weight excluding hydrogens is 357 g/mol. The minimum atomic E-state index is -0.669. The summed E-state index contributed by atoms with van der Waals surface area (Å²) in [5.74, 6) is -0.739. The van der Waals surface area contributed by atoms with Gasteiger partial charge in [-0.3, -0.25) is 9.59 Å². The zero-order chi connectivity index (χ0) is 18.8. The van der Waals surface area contributed by atoms with Crippen molar-refractivity contribution >= 4 is 34.7 Å². The smallest absolute Gasteiger partial charge is 0.277 e. The molecule has 0 bridgehead atoms. The van der Waals surface area contributed by atoms with E-state index in [0.717, 1.165) is 11.0 Å². The average molecular weight is 374 g/mol. The zero-order valence-electron chi connectivity index (χ0n) is 14.3. The Kier molecular flexibility index (Phi) is 5.09. The van der Waals surface area contributed by atoms with E-state index in [9.17, 15) is 14.0 Å². The van der Waals surface area contributed by atoms with Crippen molar-refractivity contribution in [3.63, 3.8) is 0 Å². The summed E-state index contributed by atoms with van der Waals surface area (Å²) in [5, 5.41) is -0.185. The molecule has 0 atom stereocenters. The van der Waals surface area contributed by atoms with Gasteiger partial charge in [0.05, 0.1) is 17.9 Å². The van der Waals surface area contributed by atoms with Crippen molar-refractivity contribution in [2.45, 2.75) is 13.8 Å². The van der Waals surface area contributed by atoms with E-state index < -0.39 is 17.6 Å². The molecule has 0 spiro atoms. The Morgan fingerprint density at radius 2 is 1.77 bits per heavy atom. The first-order chi connectivity index (χ1) is 12.4. The SMILES string of the molecule is CC(C)COc1ccc(C2=C(Cl)C(=O)N(c3cccc(F)c3)C2=O)cc1. The minimum absolute atomic E-state index is 0.0938. The largest absolute Gasteiger partial charge is 0.493 e. The van der Waals surface area contributed by atoms with E-state index in [0.29, 0.717) is 23.8 Å². The van der Waals surface area contributed by atoms with Gasteiger partial charge in [-0.25, -0.2) is 9.29 Å². The molecule has 1 aliphatic rings. The summed E-state index contributed by atoms with van der Waals surface area (Å²) in [4.78, 5) is 26.1. The Hall–Kier alpha value is -2.66. The molecule has 0 saturated carbocycles. The molecule has 0 aliphatic carbocycles. The third-order valence-electron chi connectivity index (χ3n) is 3.82. The zero-order valence-corrected chi connectivity index (χ0v) is 15.1. The van der Waals surface area contributed by atoms with Gasteiger partial charge >= 0.3 is 0 Å². The second-order valence-electron chi connectivity index (χ2n) is 6.34. The molecule has 2 aromatic carbocycles. The van der Waals surface area contributed by atoms with Crippen LogP contribution in [0, 0.1) is 11.7 Å². The summed E-state index contributed by atoms with van der Waals surface area (Å²) in [5.41, 5.74) is 0.741. The summed E-state index contributed by atoms with van der Waals surface area (Å²) in [6.45, 7) is 4.67. The van der Waals surface area contributed by atoms with Gasteiger partial charge in [-0.15, -0.1) is 0 Å². The van der Waals surface area contributed by atoms with Crippen LogP contribution in [0.1, 0.15) is 19.4 Å². The average Bonchev–Trinajstić information content (AvgIpc) is 2.83. The summed E-state index contributed by atoms with van der Waals surface area (Å²) in [6, 6.07) is 12.1. The first-order valence-electron chi connectivity index (χ1n) is 8.16. The lowest BCUT2D eigenvalue weighted by Crippen LogP contribution is -2.31. The summed E-state index contributed by atoms with van der Waals surface area (Å²) >= 11 is 6.13. The maximum atomic E-state index is 13.5. The van der Waals surface area contributed by atoms with E-state index in [1.54, 1.807) is 24.3 Å². The molecule has 2 amide bonds. The van der Waals surface area contributed by atoms with Gasteiger partial charge in [0.1, 0.15) is 16.6 Å². The number of carbonyl (C=O) groups is 2. The van der Waals surface area contributed by atoms with Crippen LogP contribution >= 0.6 is 11.6 Å². The van der Waals surface area contributed by atoms with Crippen LogP contribution in [0.25, 0.3) is 5.57 Å². The molecule has 0 saturated heterocycles. The van der Waals surface area contributed by atoms with Crippen molar-refractivity contribution in [2.75, 3.05) is 11.5 Å². The van der Waals surface area contributed by atoms with Crippen molar-refractivity contribution in [3.8, 4) is 5.75 Å². The lowest BCUT2D eigenvalue weighted by atomic mass is 10.1. The number of rotatable bonds is 5. The van der Waals surface area contributed by atoms with E-state index in [4.69, 9.17) is 16.3 Å². The number of imide groups is 1. The topological polar surface area (TPSA) is 46.6 Å². The third kappa shape index (κ3) is 3.48. The molecule has 0 aromatic heterocycles. The Bertz CT molecular complexity index is 890. The summed E-state index contributed by atoms with van der Waals surface area (Å²) in [6.07, 6.45) is 0. The fraction of sp³-hybridized carbons (Fsp3) is 0.200. The number of ether oxygens (including phenoxy) is 1. The Morgan fingerprint density at radius 1 is 1.08 bits per heavy atom. The number of halogens is 2. The number of nitrogens with zero attached hydrogens (tertiary/aromatic N) is 1. The van der Waals surface area contributed by atoms with E-state index >= 15 is 0 Å². The molecule has 0 N–H and O–H groups in total. The van der Waals surface area contributed by atoms with Crippen LogP contribution in [0.4, 0.5) is 10.1 Å². The van der Waals surface area contributed by atoms with Gasteiger partial charge < -0.3 is 4.74 Å². The van der Waals surface area contributed by atoms with Crippen LogP contribution in [0.5, 0.6) is 5.75 Å². The van der Waals surface area contributed by atoms with Crippen LogP contribution in [0.15, 0.2) is 53.6 Å². The van der Waals surface area contributed by atoms with Gasteiger partial charge in [0.2, 0.25) is 0 Å². The quantitative estimate of drug-likeness (QED) is 0.730. The van der Waals surface area contributed by atoms with E-state index in [1.807, 2.05) is 13.8 Å². The molecule has 0 fully saturated rings. The lowest BCUT2D eigenvalue weighted by Gasteiger charge is -2.15. The highest BCUT2D eigenvalue weighted by Crippen LogP contribution is 2.35. The predicted octanol–water partition coefficient (Wildman–Crippen LogP) is 4.38. The highest BCUT2D eigenvalue weighted by atomic mass is 35.5. The minimum Gasteiger partial charge on any atom is -0.493 e. The van der Waals surface area contributed by atoms with Crippen LogP contribution in [-0.2, 0) is 9.59 Å². The number of amides is 2. The van der Waals surface area contributed by atoms with Crippen LogP contribution in [0.2, 0.25) is 0 Å². The summed E-state index contributed by atoms with van der Waals surface area (Å²) in [7, 11) is 0. The van der Waals surface area contributed by atoms with Gasteiger partial charge in [-0.2, -0.15) is 0 Å². The molecule has 1 aliphatic heterocycles. The number of carbonyl (C=O) groups excluding carboxylic acids is 2. The lowest BCUT2D eigenvalue weighted by molar-refractivity contribution is -0.119. The number of hydrogen-bond donors (Lipinski definition) is 0. The van der Waals surface area contributed by atoms with E-state index in [-0.39, 0.29) is 16.3 Å². The molecule has 134 valence electrons. The van der Waals surface area contributed by atoms with Gasteiger partial charge in [0.15, 0.2) is 0 Å².